The van der Waals surface area contributed by atoms with E-state index in [1.54, 1.807) is 114 Å². The van der Waals surface area contributed by atoms with E-state index in [1.807, 2.05) is 12.1 Å². The first kappa shape index (κ1) is 99.6. The Kier molecular flexibility index (Phi) is 28.7. The maximum absolute atomic E-state index is 5.71. The molecule has 0 saturated heterocycles. The zero-order valence-electron chi connectivity index (χ0n) is 88.2. The molecule has 0 N–H and O–H groups in total. The van der Waals surface area contributed by atoms with E-state index in [9.17, 15) is 0 Å². The molecule has 0 bridgehead atoms. The number of hydrogen-bond donors (Lipinski definition) is 0. The largest absolute Gasteiger partial charge is 0.497 e. The number of benzene rings is 12. The highest BCUT2D eigenvalue weighted by atomic mass is 16.7. The van der Waals surface area contributed by atoms with Crippen LogP contribution in [0.2, 0.25) is 0 Å². The molecule has 15 aliphatic heterocycles. The van der Waals surface area contributed by atoms with Crippen LogP contribution in [0.5, 0.6) is 126 Å². The Morgan fingerprint density at radius 1 is 0.181 bits per heavy atom. The zero-order valence-corrected chi connectivity index (χ0v) is 88.2. The lowest BCUT2D eigenvalue weighted by Crippen LogP contribution is -2.39. The molecule has 0 amide bonds. The lowest BCUT2D eigenvalue weighted by molar-refractivity contribution is 0.156. The third-order valence-corrected chi connectivity index (χ3v) is 33.1. The van der Waals surface area contributed by atoms with Crippen molar-refractivity contribution in [3.8, 4) is 126 Å². The second kappa shape index (κ2) is 42.9. The Morgan fingerprint density at radius 3 is 0.779 bits per heavy atom. The standard InChI is InChI=1S/2C21H25NO4.C20H21NO4.2C20H23NO3.C19H17NO4/c1-23-18-5-6-19(24-2)16-12-22-8-7-13-9-20(25-3)21(26-4)11-14(13)17(22)10-15(16)18;1-23-15-5-6-16-13(9-15)7-8-22-12-17-14(10-18(16)22)11-19(24-2)21(26-4)20(17)25-3;1-22-17-6-12-3-4-21-10-14-8-20-19(24-11-25-20)7-13(14)5-16(21)15(12)9-18(17)23-2;2*1-22-16-4-5-17-13(8-16)6-7-21-12-15-11-20(24-3)19(23-2)10-14(15)9-18(17)21;1-2-20-8-13-6-18-17(22-9-23-18)5-12(13)3-15(20)14-7-19-16(4-11(1)14)21-10-24-19/h5-6,9,11,17H,7-8,10,12H2,1-4H3;5-6,9,11,18H,7-8,10,12H2,1-4H3;6-9,16H,3-5,10-11H2,1-2H3;2*4-5,8,10-11,18H,6-7,9,12H2,1-3H3;4-7,15H,1-3,8-10H2/t17-;;16-;18-;;15-/m0.00.0/s1. The number of fused-ring (bicyclic) bond motifs is 27. The summed E-state index contributed by atoms with van der Waals surface area (Å²) in [6.07, 6.45) is 12.1. The molecular weight excluding hydrogens is 1890 g/mol. The van der Waals surface area contributed by atoms with Gasteiger partial charge in [-0.2, -0.15) is 0 Å². The lowest BCUT2D eigenvalue weighted by Gasteiger charge is -2.42. The van der Waals surface area contributed by atoms with Gasteiger partial charge in [0, 0.05) is 131 Å². The van der Waals surface area contributed by atoms with Gasteiger partial charge in [-0.25, -0.2) is 0 Å². The van der Waals surface area contributed by atoms with Crippen LogP contribution in [0.3, 0.4) is 0 Å². The van der Waals surface area contributed by atoms with Crippen molar-refractivity contribution in [2.75, 3.05) is 173 Å². The molecule has 6 atom stereocenters. The van der Waals surface area contributed by atoms with Gasteiger partial charge in [0.05, 0.1) is 114 Å². The summed E-state index contributed by atoms with van der Waals surface area (Å²) in [7, 11) is 27.2. The summed E-state index contributed by atoms with van der Waals surface area (Å²) in [5, 5.41) is 0. The maximum Gasteiger partial charge on any atom is 0.231 e. The van der Waals surface area contributed by atoms with E-state index in [2.05, 4.69) is 175 Å². The Hall–Kier alpha value is -14.0. The smallest absolute Gasteiger partial charge is 0.231 e. The molecule has 0 fully saturated rings. The molecule has 0 saturated carbocycles. The fourth-order valence-electron chi connectivity index (χ4n) is 25.4. The van der Waals surface area contributed by atoms with Crippen molar-refractivity contribution in [1.29, 1.82) is 0 Å². The van der Waals surface area contributed by atoms with Crippen LogP contribution in [0.15, 0.2) is 158 Å². The van der Waals surface area contributed by atoms with Gasteiger partial charge in [0.25, 0.3) is 0 Å². The quantitative estimate of drug-likeness (QED) is 0.0877. The first-order valence-corrected chi connectivity index (χ1v) is 51.7. The van der Waals surface area contributed by atoms with E-state index < -0.39 is 0 Å². The molecule has 0 aromatic heterocycles. The molecule has 12 aromatic carbocycles. The summed E-state index contributed by atoms with van der Waals surface area (Å²) in [4.78, 5) is 15.3. The number of hydrogen-bond acceptors (Lipinski definition) is 28. The third-order valence-electron chi connectivity index (χ3n) is 33.1. The summed E-state index contributed by atoms with van der Waals surface area (Å²) in [5.74, 6) is 18.7. The lowest BCUT2D eigenvalue weighted by atomic mass is 9.83. The average Bonchev–Trinajstić information content (AvgIpc) is 1.59. The van der Waals surface area contributed by atoms with Crippen LogP contribution in [0.4, 0.5) is 0 Å². The fourth-order valence-corrected chi connectivity index (χ4v) is 25.4. The van der Waals surface area contributed by atoms with Gasteiger partial charge in [0.1, 0.15) is 28.7 Å². The van der Waals surface area contributed by atoms with Gasteiger partial charge >= 0.3 is 0 Å². The summed E-state index contributed by atoms with van der Waals surface area (Å²) >= 11 is 0. The molecule has 0 radical (unpaired) electrons. The minimum atomic E-state index is 0.312. The van der Waals surface area contributed by atoms with Crippen molar-refractivity contribution in [2.24, 2.45) is 0 Å². The molecule has 27 rings (SSSR count). The molecule has 28 nitrogen and oxygen atoms in total. The van der Waals surface area contributed by atoms with Crippen LogP contribution in [0.1, 0.15) is 170 Å². The molecule has 2 unspecified atom stereocenters. The number of methoxy groups -OCH3 is 16. The van der Waals surface area contributed by atoms with Crippen molar-refractivity contribution in [3.05, 3.63) is 291 Å². The molecule has 15 aliphatic rings. The van der Waals surface area contributed by atoms with E-state index in [0.717, 1.165) is 276 Å². The first-order valence-electron chi connectivity index (χ1n) is 51.7. The van der Waals surface area contributed by atoms with Crippen LogP contribution in [0, 0.1) is 0 Å². The van der Waals surface area contributed by atoms with Gasteiger partial charge < -0.3 is 104 Å². The van der Waals surface area contributed by atoms with Gasteiger partial charge in [0.2, 0.25) is 26.1 Å². The average molecular weight is 2020 g/mol. The van der Waals surface area contributed by atoms with Crippen molar-refractivity contribution >= 4 is 0 Å². The molecule has 0 aliphatic carbocycles. The van der Waals surface area contributed by atoms with Gasteiger partial charge in [0.15, 0.2) is 92.0 Å². The molecule has 0 spiro atoms. The second-order valence-corrected chi connectivity index (χ2v) is 40.2. The maximum atomic E-state index is 5.71. The topological polar surface area (TPSA) is 222 Å². The van der Waals surface area contributed by atoms with Crippen molar-refractivity contribution in [2.45, 2.75) is 153 Å². The Labute approximate surface area is 872 Å². The van der Waals surface area contributed by atoms with E-state index in [-0.39, 0.29) is 0 Å². The van der Waals surface area contributed by atoms with Crippen molar-refractivity contribution in [1.82, 2.24) is 29.4 Å². The van der Waals surface area contributed by atoms with E-state index in [0.29, 0.717) is 62.4 Å². The van der Waals surface area contributed by atoms with Gasteiger partial charge in [-0.15, -0.1) is 0 Å². The molecule has 149 heavy (non-hydrogen) atoms. The van der Waals surface area contributed by atoms with Crippen molar-refractivity contribution < 1.29 is 104 Å². The number of ether oxygens (including phenoxy) is 22. The highest BCUT2D eigenvalue weighted by Crippen LogP contribution is 2.55. The predicted octanol–water partition coefficient (Wildman–Crippen LogP) is 19.4. The Balaban J connectivity index is 0.000000101. The van der Waals surface area contributed by atoms with Crippen LogP contribution in [0.25, 0.3) is 0 Å². The monoisotopic (exact) mass is 2020 g/mol. The highest BCUT2D eigenvalue weighted by Gasteiger charge is 2.43. The molecule has 780 valence electrons. The minimum absolute atomic E-state index is 0.312. The first-order chi connectivity index (χ1) is 73.0. The molecule has 15 heterocycles. The van der Waals surface area contributed by atoms with Crippen LogP contribution in [-0.2, 0) is 116 Å². The third kappa shape index (κ3) is 19.1. The second-order valence-electron chi connectivity index (χ2n) is 40.2. The van der Waals surface area contributed by atoms with Crippen molar-refractivity contribution in [3.63, 3.8) is 0 Å². The summed E-state index contributed by atoms with van der Waals surface area (Å²) in [6, 6.07) is 58.0. The zero-order chi connectivity index (χ0) is 103. The molecular formula is C121H134N6O22. The normalized spacial score (nSPS) is 19.7. The number of rotatable bonds is 16. The minimum Gasteiger partial charge on any atom is -0.497 e. The van der Waals surface area contributed by atoms with E-state index in [4.69, 9.17) is 104 Å². The van der Waals surface area contributed by atoms with E-state index in [1.165, 1.54) is 134 Å². The van der Waals surface area contributed by atoms with Crippen LogP contribution >= 0.6 is 0 Å². The molecule has 12 aromatic rings. The van der Waals surface area contributed by atoms with Gasteiger partial charge in [-0.1, -0.05) is 18.2 Å². The van der Waals surface area contributed by atoms with E-state index >= 15 is 0 Å². The van der Waals surface area contributed by atoms with Crippen LogP contribution in [-0.4, -0.2) is 203 Å². The Morgan fingerprint density at radius 2 is 0.430 bits per heavy atom. The summed E-state index contributed by atoms with van der Waals surface area (Å²) < 4.78 is 122. The SMILES string of the molecule is COc1cc2c(cc1OC)[C@@H]1Cc3c(OC)ccc(OC)c3CN1CC2.COc1cc2c(cc1OC)[C@@H]1Cc3cc4c(cc3CN1CC2)OCO4.COc1ccc2c(c1)CCN1Cc3c(cc(OC)c(OC)c3OC)CC21.COc1ccc2c(c1)CCN1Cc3cc(OC)c(OC)cc3CC21.COc1ccc2c(c1)CCN1Cc3cc(OC)c(OC)cc3C[C@@H]21.c1c2c(cc3c1OCO3)CN1CCc3cc4c(cc3[C@@H]1C2)OCO4. The van der Waals surface area contributed by atoms with Gasteiger partial charge in [-0.3, -0.25) is 29.4 Å². The van der Waals surface area contributed by atoms with Crippen LogP contribution < -0.4 is 104 Å². The Bertz CT molecular complexity index is 6920. The highest BCUT2D eigenvalue weighted by molar-refractivity contribution is 5.64. The summed E-state index contributed by atoms with van der Waals surface area (Å²) in [5.41, 5.74) is 32.5. The fraction of sp³-hybridized carbons (Fsp3) is 0.405. The van der Waals surface area contributed by atoms with Gasteiger partial charge in [-0.05, 0) is 333 Å². The predicted molar refractivity (Wildman–Crippen MR) is 564 cm³/mol. The summed E-state index contributed by atoms with van der Waals surface area (Å²) in [6.45, 7) is 12.9. The number of nitrogens with zero attached hydrogens (tertiary/aromatic N) is 6. The molecule has 28 heteroatoms.